The number of nitrogens with two attached hydrogens (primary N) is 1. The van der Waals surface area contributed by atoms with Crippen LogP contribution in [0.25, 0.3) is 0 Å². The van der Waals surface area contributed by atoms with E-state index >= 15 is 0 Å². The number of anilines is 1. The number of rotatable bonds is 6. The van der Waals surface area contributed by atoms with Gasteiger partial charge in [-0.05, 0) is 30.5 Å². The molecule has 0 spiro atoms. The third-order valence-corrected chi connectivity index (χ3v) is 2.49. The van der Waals surface area contributed by atoms with E-state index in [4.69, 9.17) is 10.8 Å². The number of hydrogen-bond acceptors (Lipinski definition) is 3. The van der Waals surface area contributed by atoms with Gasteiger partial charge >= 0.3 is 5.97 Å². The smallest absolute Gasteiger partial charge is 0.320 e. The average Bonchev–Trinajstić information content (AvgIpc) is 2.31. The van der Waals surface area contributed by atoms with E-state index < -0.39 is 12.0 Å². The number of carboxylic acids is 1. The summed E-state index contributed by atoms with van der Waals surface area (Å²) in [6.45, 7) is 1.94. The van der Waals surface area contributed by atoms with Gasteiger partial charge in [0.15, 0.2) is 0 Å². The summed E-state index contributed by atoms with van der Waals surface area (Å²) < 4.78 is 0. The predicted molar refractivity (Wildman–Crippen MR) is 69.3 cm³/mol. The van der Waals surface area contributed by atoms with E-state index in [1.807, 2.05) is 6.92 Å². The summed E-state index contributed by atoms with van der Waals surface area (Å²) in [7, 11) is 0. The van der Waals surface area contributed by atoms with Crippen LogP contribution in [0.1, 0.15) is 25.3 Å². The van der Waals surface area contributed by atoms with Crippen LogP contribution in [0.4, 0.5) is 5.69 Å². The average molecular weight is 250 g/mol. The number of carboxylic acid groups (broad SMARTS) is 1. The van der Waals surface area contributed by atoms with Gasteiger partial charge in [0.2, 0.25) is 5.91 Å². The van der Waals surface area contributed by atoms with Crippen LogP contribution in [-0.4, -0.2) is 23.0 Å². The van der Waals surface area contributed by atoms with Gasteiger partial charge < -0.3 is 16.2 Å². The van der Waals surface area contributed by atoms with E-state index in [1.54, 1.807) is 24.3 Å². The Hall–Kier alpha value is -1.88. The first-order valence-electron chi connectivity index (χ1n) is 5.90. The van der Waals surface area contributed by atoms with Crippen LogP contribution in [0.5, 0.6) is 0 Å². The van der Waals surface area contributed by atoms with E-state index in [0.29, 0.717) is 12.1 Å². The predicted octanol–water partition coefficient (Wildman–Crippen LogP) is 1.38. The molecule has 0 aliphatic carbocycles. The highest BCUT2D eigenvalue weighted by molar-refractivity contribution is 5.90. The maximum Gasteiger partial charge on any atom is 0.320 e. The van der Waals surface area contributed by atoms with Crippen molar-refractivity contribution in [2.24, 2.45) is 5.73 Å². The van der Waals surface area contributed by atoms with Gasteiger partial charge in [0.05, 0.1) is 0 Å². The minimum atomic E-state index is -1.02. The van der Waals surface area contributed by atoms with Crippen molar-refractivity contribution in [1.82, 2.24) is 0 Å². The van der Waals surface area contributed by atoms with Crippen molar-refractivity contribution in [3.8, 4) is 0 Å². The van der Waals surface area contributed by atoms with Gasteiger partial charge in [-0.3, -0.25) is 9.59 Å². The largest absolute Gasteiger partial charge is 0.480 e. The second-order valence-corrected chi connectivity index (χ2v) is 4.14. The number of carbonyl (C=O) groups is 2. The second-order valence-electron chi connectivity index (χ2n) is 4.14. The van der Waals surface area contributed by atoms with E-state index in [1.165, 1.54) is 0 Å². The van der Waals surface area contributed by atoms with E-state index in [2.05, 4.69) is 5.32 Å². The van der Waals surface area contributed by atoms with E-state index in [0.717, 1.165) is 12.0 Å². The van der Waals surface area contributed by atoms with Crippen LogP contribution in [0.2, 0.25) is 0 Å². The minimum absolute atomic E-state index is 0.0208. The molecule has 4 N–H and O–H groups in total. The first kappa shape index (κ1) is 14.2. The first-order chi connectivity index (χ1) is 8.52. The maximum absolute atomic E-state index is 11.4. The Morgan fingerprint density at radius 3 is 2.44 bits per heavy atom. The molecule has 5 nitrogen and oxygen atoms in total. The molecule has 0 aliphatic rings. The molecule has 5 heteroatoms. The highest BCUT2D eigenvalue weighted by atomic mass is 16.4. The molecule has 0 saturated heterocycles. The monoisotopic (exact) mass is 250 g/mol. The third-order valence-electron chi connectivity index (χ3n) is 2.49. The van der Waals surface area contributed by atoms with E-state index in [-0.39, 0.29) is 12.3 Å². The van der Waals surface area contributed by atoms with Crippen LogP contribution in [0.15, 0.2) is 24.3 Å². The molecule has 0 bridgehead atoms. The molecule has 1 rings (SSSR count). The van der Waals surface area contributed by atoms with Gasteiger partial charge in [-0.15, -0.1) is 0 Å². The molecular weight excluding hydrogens is 232 g/mol. The van der Waals surface area contributed by atoms with Crippen LogP contribution in [0.3, 0.4) is 0 Å². The molecule has 98 valence electrons. The zero-order valence-electron chi connectivity index (χ0n) is 10.3. The molecule has 1 aromatic carbocycles. The Labute approximate surface area is 106 Å². The Balaban J connectivity index is 2.57. The van der Waals surface area contributed by atoms with Crippen LogP contribution >= 0.6 is 0 Å². The molecule has 0 aromatic heterocycles. The molecule has 0 fully saturated rings. The fourth-order valence-corrected chi connectivity index (χ4v) is 1.52. The summed E-state index contributed by atoms with van der Waals surface area (Å²) in [4.78, 5) is 22.0. The van der Waals surface area contributed by atoms with Gasteiger partial charge in [0.1, 0.15) is 6.04 Å². The molecule has 1 aromatic rings. The number of benzene rings is 1. The number of nitrogens with one attached hydrogen (secondary N) is 1. The molecule has 0 heterocycles. The molecule has 18 heavy (non-hydrogen) atoms. The van der Waals surface area contributed by atoms with Crippen molar-refractivity contribution in [3.05, 3.63) is 29.8 Å². The Kier molecular flexibility index (Phi) is 5.32. The van der Waals surface area contributed by atoms with Gasteiger partial charge in [-0.2, -0.15) is 0 Å². The quantitative estimate of drug-likeness (QED) is 0.711. The summed E-state index contributed by atoms with van der Waals surface area (Å²) in [5, 5.41) is 11.5. The molecule has 0 radical (unpaired) electrons. The number of amides is 1. The Morgan fingerprint density at radius 2 is 1.94 bits per heavy atom. The zero-order valence-corrected chi connectivity index (χ0v) is 10.3. The summed E-state index contributed by atoms with van der Waals surface area (Å²) >= 11 is 0. The maximum atomic E-state index is 11.4. The van der Waals surface area contributed by atoms with Crippen molar-refractivity contribution in [2.45, 2.75) is 32.2 Å². The number of hydrogen-bond donors (Lipinski definition) is 3. The molecular formula is C13H18N2O3. The lowest BCUT2D eigenvalue weighted by molar-refractivity contribution is -0.138. The molecule has 1 amide bonds. The summed E-state index contributed by atoms with van der Waals surface area (Å²) in [6.07, 6.45) is 1.57. The molecule has 0 unspecified atom stereocenters. The molecule has 0 aliphatic heterocycles. The summed E-state index contributed by atoms with van der Waals surface area (Å²) in [5.41, 5.74) is 6.98. The number of aliphatic carboxylic acids is 1. The Morgan fingerprint density at radius 1 is 1.33 bits per heavy atom. The highest BCUT2D eigenvalue weighted by Gasteiger charge is 2.11. The second kappa shape index (κ2) is 6.76. The topological polar surface area (TPSA) is 92.4 Å². The van der Waals surface area contributed by atoms with Crippen LogP contribution in [0, 0.1) is 0 Å². The lowest BCUT2D eigenvalue weighted by atomic mass is 10.1. The van der Waals surface area contributed by atoms with Crippen molar-refractivity contribution in [2.75, 3.05) is 5.32 Å². The Bertz CT molecular complexity index is 415. The SMILES string of the molecule is CCCC(=O)Nc1ccc(C[C@H](N)C(=O)O)cc1. The number of carbonyl (C=O) groups excluding carboxylic acids is 1. The summed E-state index contributed by atoms with van der Waals surface area (Å²) in [6, 6.07) is 6.13. The van der Waals surface area contributed by atoms with Gasteiger partial charge in [-0.25, -0.2) is 0 Å². The van der Waals surface area contributed by atoms with Crippen LogP contribution < -0.4 is 11.1 Å². The van der Waals surface area contributed by atoms with Crippen molar-refractivity contribution in [1.29, 1.82) is 0 Å². The fraction of sp³-hybridized carbons (Fsp3) is 0.385. The van der Waals surface area contributed by atoms with Gasteiger partial charge in [-0.1, -0.05) is 19.1 Å². The van der Waals surface area contributed by atoms with E-state index in [9.17, 15) is 9.59 Å². The molecule has 0 saturated carbocycles. The lowest BCUT2D eigenvalue weighted by Crippen LogP contribution is -2.32. The van der Waals surface area contributed by atoms with Crippen molar-refractivity contribution in [3.63, 3.8) is 0 Å². The fourth-order valence-electron chi connectivity index (χ4n) is 1.52. The lowest BCUT2D eigenvalue weighted by Gasteiger charge is -2.08. The van der Waals surface area contributed by atoms with Gasteiger partial charge in [0, 0.05) is 12.1 Å². The van der Waals surface area contributed by atoms with Gasteiger partial charge in [0.25, 0.3) is 0 Å². The third kappa shape index (κ3) is 4.55. The van der Waals surface area contributed by atoms with Crippen molar-refractivity contribution < 1.29 is 14.7 Å². The normalized spacial score (nSPS) is 11.9. The van der Waals surface area contributed by atoms with Crippen molar-refractivity contribution >= 4 is 17.6 Å². The minimum Gasteiger partial charge on any atom is -0.480 e. The first-order valence-corrected chi connectivity index (χ1v) is 5.90. The molecule has 1 atom stereocenters. The standard InChI is InChI=1S/C13H18N2O3/c1-2-3-12(16)15-10-6-4-9(5-7-10)8-11(14)13(17)18/h4-7,11H,2-3,8,14H2,1H3,(H,15,16)(H,17,18)/t11-/m0/s1. The van der Waals surface area contributed by atoms with Crippen LogP contribution in [-0.2, 0) is 16.0 Å². The summed E-state index contributed by atoms with van der Waals surface area (Å²) in [5.74, 6) is -1.04. The highest BCUT2D eigenvalue weighted by Crippen LogP contribution is 2.11. The zero-order chi connectivity index (χ0) is 13.5.